The third-order valence-corrected chi connectivity index (χ3v) is 4.11. The molecule has 0 aromatic carbocycles. The summed E-state index contributed by atoms with van der Waals surface area (Å²) in [7, 11) is 1.79. The summed E-state index contributed by atoms with van der Waals surface area (Å²) in [5.74, 6) is 1.00. The predicted octanol–water partition coefficient (Wildman–Crippen LogP) is 3.08. The average Bonchev–Trinajstić information content (AvgIpc) is 2.47. The van der Waals surface area contributed by atoms with E-state index in [1.54, 1.807) is 7.05 Å². The Kier molecular flexibility index (Phi) is 7.48. The molecule has 0 bridgehead atoms. The summed E-state index contributed by atoms with van der Waals surface area (Å²) in [4.78, 5) is 11.7. The molecule has 0 radical (unpaired) electrons. The Labute approximate surface area is 132 Å². The van der Waals surface area contributed by atoms with E-state index in [1.165, 1.54) is 0 Å². The van der Waals surface area contributed by atoms with Gasteiger partial charge >= 0.3 is 0 Å². The lowest BCUT2D eigenvalue weighted by Crippen LogP contribution is -2.47. The molecule has 1 aliphatic rings. The molecular weight excluding hydrogens is 284 g/mol. The van der Waals surface area contributed by atoms with Crippen molar-refractivity contribution in [2.45, 2.75) is 31.7 Å². The van der Waals surface area contributed by atoms with Crippen LogP contribution in [0.1, 0.15) is 26.2 Å². The van der Waals surface area contributed by atoms with Gasteiger partial charge in [-0.1, -0.05) is 36.5 Å². The number of allylic oxidation sites excluding steroid dienone is 6. The zero-order valence-electron chi connectivity index (χ0n) is 12.8. The highest BCUT2D eigenvalue weighted by atomic mass is 35.5. The highest BCUT2D eigenvalue weighted by Gasteiger charge is 2.32. The summed E-state index contributed by atoms with van der Waals surface area (Å²) >= 11 is 5.79. The van der Waals surface area contributed by atoms with Gasteiger partial charge in [-0.05, 0) is 38.3 Å². The molecule has 1 aliphatic carbocycles. The first kappa shape index (κ1) is 17.7. The molecule has 4 heteroatoms. The van der Waals surface area contributed by atoms with Gasteiger partial charge in [-0.2, -0.15) is 0 Å². The number of hydrogen-bond acceptors (Lipinski definition) is 3. The van der Waals surface area contributed by atoms with Gasteiger partial charge in [0, 0.05) is 18.0 Å². The molecule has 0 aromatic heterocycles. The summed E-state index contributed by atoms with van der Waals surface area (Å²) in [6.07, 6.45) is 15.3. The summed E-state index contributed by atoms with van der Waals surface area (Å²) in [6.45, 7) is 1.88. The van der Waals surface area contributed by atoms with Gasteiger partial charge in [0.1, 0.15) is 11.8 Å². The van der Waals surface area contributed by atoms with Crippen molar-refractivity contribution >= 4 is 17.9 Å². The number of likely N-dealkylation sites (N-methyl/N-ethyl adjacent to an activating group) is 1. The minimum absolute atomic E-state index is 0.362. The third-order valence-electron chi connectivity index (χ3n) is 3.89. The molecule has 0 saturated carbocycles. The van der Waals surface area contributed by atoms with Crippen LogP contribution in [0.5, 0.6) is 0 Å². The second-order valence-electron chi connectivity index (χ2n) is 5.23. The Morgan fingerprint density at radius 2 is 2.33 bits per heavy atom. The van der Waals surface area contributed by atoms with E-state index in [1.807, 2.05) is 25.2 Å². The zero-order chi connectivity index (χ0) is 15.7. The van der Waals surface area contributed by atoms with Crippen molar-refractivity contribution in [3.8, 4) is 0 Å². The van der Waals surface area contributed by atoms with E-state index in [4.69, 9.17) is 17.3 Å². The van der Waals surface area contributed by atoms with Gasteiger partial charge in [0.2, 0.25) is 0 Å². The second kappa shape index (κ2) is 8.85. The maximum atomic E-state index is 11.7. The molecule has 0 amide bonds. The van der Waals surface area contributed by atoms with Crippen LogP contribution in [0.3, 0.4) is 0 Å². The van der Waals surface area contributed by atoms with Gasteiger partial charge in [0.15, 0.2) is 0 Å². The maximum absolute atomic E-state index is 11.7. The predicted molar refractivity (Wildman–Crippen MR) is 90.2 cm³/mol. The maximum Gasteiger partial charge on any atom is 0.144 e. The summed E-state index contributed by atoms with van der Waals surface area (Å²) < 4.78 is 0. The fraction of sp³-hybridized carbons (Fsp3) is 0.471. The molecule has 0 saturated heterocycles. The number of nitrogens with one attached hydrogen (secondary N) is 1. The summed E-state index contributed by atoms with van der Waals surface area (Å²) in [5, 5.41) is 3.14. The molecule has 3 N–H and O–H groups in total. The van der Waals surface area contributed by atoms with Crippen LogP contribution >= 0.6 is 11.6 Å². The molecule has 0 heterocycles. The van der Waals surface area contributed by atoms with Crippen molar-refractivity contribution in [2.75, 3.05) is 12.9 Å². The van der Waals surface area contributed by atoms with Crippen LogP contribution in [-0.4, -0.2) is 24.8 Å². The van der Waals surface area contributed by atoms with E-state index < -0.39 is 5.54 Å². The number of carbonyl (C=O) groups excluding carboxylic acids is 1. The molecule has 21 heavy (non-hydrogen) atoms. The molecule has 0 spiro atoms. The van der Waals surface area contributed by atoms with E-state index in [9.17, 15) is 4.79 Å². The van der Waals surface area contributed by atoms with E-state index in [0.717, 1.165) is 24.7 Å². The lowest BCUT2D eigenvalue weighted by molar-refractivity contribution is -0.112. The Morgan fingerprint density at radius 3 is 2.90 bits per heavy atom. The number of carbonyl (C=O) groups is 1. The third kappa shape index (κ3) is 4.87. The first-order valence-electron chi connectivity index (χ1n) is 7.28. The van der Waals surface area contributed by atoms with Crippen molar-refractivity contribution < 1.29 is 4.79 Å². The van der Waals surface area contributed by atoms with Crippen molar-refractivity contribution in [2.24, 2.45) is 11.7 Å². The Balaban J connectivity index is 3.04. The number of hydrogen-bond donors (Lipinski definition) is 2. The average molecular weight is 309 g/mol. The quantitative estimate of drug-likeness (QED) is 0.432. The Morgan fingerprint density at radius 1 is 1.57 bits per heavy atom. The highest BCUT2D eigenvalue weighted by Crippen LogP contribution is 2.26. The van der Waals surface area contributed by atoms with Gasteiger partial charge in [0.25, 0.3) is 0 Å². The lowest BCUT2D eigenvalue weighted by atomic mass is 9.83. The molecule has 2 unspecified atom stereocenters. The Bertz CT molecular complexity index is 465. The minimum atomic E-state index is -0.745. The normalized spacial score (nSPS) is 27.7. The van der Waals surface area contributed by atoms with E-state index in [2.05, 4.69) is 23.5 Å². The van der Waals surface area contributed by atoms with Crippen LogP contribution < -0.4 is 11.1 Å². The van der Waals surface area contributed by atoms with Crippen LogP contribution in [0.2, 0.25) is 0 Å². The van der Waals surface area contributed by atoms with Crippen LogP contribution in [-0.2, 0) is 4.79 Å². The number of rotatable bonds is 7. The number of nitrogens with two attached hydrogens (primary N) is 1. The molecule has 0 aliphatic heterocycles. The lowest BCUT2D eigenvalue weighted by Gasteiger charge is -2.31. The smallest absolute Gasteiger partial charge is 0.144 e. The fourth-order valence-electron chi connectivity index (χ4n) is 2.43. The van der Waals surface area contributed by atoms with Crippen molar-refractivity contribution in [3.05, 3.63) is 47.7 Å². The molecule has 3 nitrogen and oxygen atoms in total. The van der Waals surface area contributed by atoms with Crippen molar-refractivity contribution in [1.29, 1.82) is 0 Å². The van der Waals surface area contributed by atoms with Gasteiger partial charge in [0.05, 0.1) is 0 Å². The fourth-order valence-corrected chi connectivity index (χ4v) is 2.68. The molecule has 0 aromatic rings. The summed E-state index contributed by atoms with van der Waals surface area (Å²) in [6, 6.07) is 0. The van der Waals surface area contributed by atoms with E-state index in [-0.39, 0.29) is 0 Å². The van der Waals surface area contributed by atoms with Gasteiger partial charge in [-0.25, -0.2) is 0 Å². The SMILES string of the molecule is C/C=C(\N)CC(C=O)(NC)/C1=C/C=C/C(CCCl)/C=C\C1. The molecule has 116 valence electrons. The van der Waals surface area contributed by atoms with Crippen LogP contribution in [0.25, 0.3) is 0 Å². The second-order valence-corrected chi connectivity index (χ2v) is 5.61. The standard InChI is InChI=1S/C17H25ClN2O/c1-3-16(19)12-17(13-21,20-2)15-8-4-6-14(10-11-18)7-5-9-15/h3-8,13-14,20H,9-12,19H2,1-2H3/b6-4+,7-5-,15-8+,16-3-. The van der Waals surface area contributed by atoms with Crippen molar-refractivity contribution in [1.82, 2.24) is 5.32 Å². The van der Waals surface area contributed by atoms with Crippen LogP contribution in [0.4, 0.5) is 0 Å². The summed E-state index contributed by atoms with van der Waals surface area (Å²) in [5.41, 5.74) is 6.90. The number of alkyl halides is 1. The van der Waals surface area contributed by atoms with Crippen LogP contribution in [0.15, 0.2) is 47.7 Å². The van der Waals surface area contributed by atoms with Crippen LogP contribution in [0, 0.1) is 5.92 Å². The zero-order valence-corrected chi connectivity index (χ0v) is 13.6. The van der Waals surface area contributed by atoms with E-state index >= 15 is 0 Å². The van der Waals surface area contributed by atoms with E-state index in [0.29, 0.717) is 23.9 Å². The minimum Gasteiger partial charge on any atom is -0.402 e. The topological polar surface area (TPSA) is 55.1 Å². The van der Waals surface area contributed by atoms with Gasteiger partial charge < -0.3 is 15.8 Å². The first-order valence-corrected chi connectivity index (χ1v) is 7.81. The molecule has 0 fully saturated rings. The van der Waals surface area contributed by atoms with Crippen molar-refractivity contribution in [3.63, 3.8) is 0 Å². The Hall–Kier alpha value is -1.32. The van der Waals surface area contributed by atoms with Gasteiger partial charge in [-0.3, -0.25) is 0 Å². The monoisotopic (exact) mass is 308 g/mol. The highest BCUT2D eigenvalue weighted by molar-refractivity contribution is 6.17. The number of aldehydes is 1. The largest absolute Gasteiger partial charge is 0.402 e. The molecule has 2 atom stereocenters. The molecular formula is C17H25ClN2O. The van der Waals surface area contributed by atoms with Gasteiger partial charge in [-0.15, -0.1) is 11.6 Å². The first-order chi connectivity index (χ1) is 10.1. The molecule has 1 rings (SSSR count). The number of halogens is 1.